The topological polar surface area (TPSA) is 104 Å². The van der Waals surface area contributed by atoms with Crippen molar-refractivity contribution in [2.75, 3.05) is 32.7 Å². The molecule has 41 heavy (non-hydrogen) atoms. The molecule has 1 unspecified atom stereocenters. The van der Waals surface area contributed by atoms with Gasteiger partial charge in [0.25, 0.3) is 5.91 Å². The number of methoxy groups -OCH3 is 1. The van der Waals surface area contributed by atoms with Crippen LogP contribution in [-0.4, -0.2) is 66.5 Å². The number of aromatic nitrogens is 2. The minimum atomic E-state index is -4.80. The summed E-state index contributed by atoms with van der Waals surface area (Å²) in [7, 11) is 3.07. The molecule has 4 atom stereocenters. The Morgan fingerprint density at radius 1 is 1.15 bits per heavy atom. The highest BCUT2D eigenvalue weighted by atomic mass is 19.4. The normalized spacial score (nSPS) is 23.4. The van der Waals surface area contributed by atoms with Crippen molar-refractivity contribution >= 4 is 17.5 Å². The van der Waals surface area contributed by atoms with Crippen LogP contribution < -0.4 is 19.5 Å². The molecule has 1 N–H and O–H groups in total. The van der Waals surface area contributed by atoms with Gasteiger partial charge in [0.2, 0.25) is 11.8 Å². The number of benzene rings is 2. The fourth-order valence-corrected chi connectivity index (χ4v) is 5.25. The van der Waals surface area contributed by atoms with Crippen LogP contribution in [0.4, 0.5) is 24.8 Å². The Bertz CT molecular complexity index is 1490. The van der Waals surface area contributed by atoms with Gasteiger partial charge in [0, 0.05) is 25.9 Å². The quantitative estimate of drug-likeness (QED) is 0.413. The second-order valence-electron chi connectivity index (χ2n) is 9.96. The number of fused-ring (bicyclic) bond motifs is 2. The Balaban J connectivity index is 1.27. The summed E-state index contributed by atoms with van der Waals surface area (Å²) in [6, 6.07) is 9.51. The maximum Gasteiger partial charge on any atom is 0.423 e. The van der Waals surface area contributed by atoms with Crippen LogP contribution in [0.5, 0.6) is 23.1 Å². The van der Waals surface area contributed by atoms with Crippen LogP contribution in [0.15, 0.2) is 42.6 Å². The third kappa shape index (κ3) is 4.99. The molecule has 4 heterocycles. The summed E-state index contributed by atoms with van der Waals surface area (Å²) in [6.07, 6.45) is -3.72. The maximum atomic E-state index is 13.9. The van der Waals surface area contributed by atoms with Crippen molar-refractivity contribution in [2.45, 2.75) is 43.9 Å². The van der Waals surface area contributed by atoms with E-state index in [1.807, 2.05) is 6.92 Å². The summed E-state index contributed by atoms with van der Waals surface area (Å²) in [5.74, 6) is -0.436. The van der Waals surface area contributed by atoms with E-state index in [1.54, 1.807) is 37.4 Å². The number of amides is 1. The van der Waals surface area contributed by atoms with E-state index in [4.69, 9.17) is 23.7 Å². The second-order valence-corrected chi connectivity index (χ2v) is 9.96. The number of hydrogen-bond acceptors (Lipinski definition) is 9. The molecule has 3 aliphatic rings. The van der Waals surface area contributed by atoms with Gasteiger partial charge in [0.1, 0.15) is 28.9 Å². The lowest BCUT2D eigenvalue weighted by molar-refractivity contribution is -0.139. The van der Waals surface area contributed by atoms with Crippen molar-refractivity contribution in [3.05, 3.63) is 59.3 Å². The largest absolute Gasteiger partial charge is 0.494 e. The van der Waals surface area contributed by atoms with Crippen LogP contribution in [0.25, 0.3) is 0 Å². The van der Waals surface area contributed by atoms with Gasteiger partial charge in [-0.05, 0) is 37.1 Å². The van der Waals surface area contributed by atoms with Crippen LogP contribution in [0.1, 0.15) is 40.9 Å². The molecule has 216 valence electrons. The third-order valence-electron chi connectivity index (χ3n) is 7.52. The molecular formula is C28H27F3N4O6. The third-order valence-corrected chi connectivity index (χ3v) is 7.52. The van der Waals surface area contributed by atoms with E-state index in [9.17, 15) is 18.0 Å². The number of carbonyl (C=O) groups excluding carboxylic acids is 1. The fourth-order valence-electron chi connectivity index (χ4n) is 5.25. The Morgan fingerprint density at radius 2 is 1.98 bits per heavy atom. The van der Waals surface area contributed by atoms with Crippen LogP contribution >= 0.6 is 0 Å². The number of carbonyl (C=O) groups is 1. The summed E-state index contributed by atoms with van der Waals surface area (Å²) in [5, 5.41) is 2.89. The first-order chi connectivity index (χ1) is 19.6. The number of nitrogens with zero attached hydrogens (tertiary/aromatic N) is 3. The Hall–Kier alpha value is -4.10. The van der Waals surface area contributed by atoms with Gasteiger partial charge < -0.3 is 33.9 Å². The monoisotopic (exact) mass is 572 g/mol. The lowest BCUT2D eigenvalue weighted by Crippen LogP contribution is -2.32. The summed E-state index contributed by atoms with van der Waals surface area (Å²) in [5.41, 5.74) is 0.0501. The van der Waals surface area contributed by atoms with Crippen LogP contribution in [-0.2, 0) is 15.7 Å². The zero-order valence-corrected chi connectivity index (χ0v) is 22.4. The van der Waals surface area contributed by atoms with Crippen molar-refractivity contribution < 1.29 is 41.7 Å². The molecule has 0 spiro atoms. The highest BCUT2D eigenvalue weighted by Gasteiger charge is 2.43. The average Bonchev–Trinajstić information content (AvgIpc) is 3.62. The highest BCUT2D eigenvalue weighted by molar-refractivity contribution is 6.01. The fraction of sp³-hybridized carbons (Fsp3) is 0.393. The number of ether oxygens (including phenoxy) is 5. The Labute approximate surface area is 233 Å². The van der Waals surface area contributed by atoms with E-state index in [1.165, 1.54) is 18.1 Å². The Morgan fingerprint density at radius 3 is 2.76 bits per heavy atom. The molecule has 10 nitrogen and oxygen atoms in total. The zero-order chi connectivity index (χ0) is 28.9. The number of halogens is 3. The van der Waals surface area contributed by atoms with Gasteiger partial charge >= 0.3 is 6.18 Å². The molecule has 0 radical (unpaired) electrons. The molecule has 3 aliphatic heterocycles. The van der Waals surface area contributed by atoms with Crippen molar-refractivity contribution in [3.8, 4) is 23.1 Å². The summed E-state index contributed by atoms with van der Waals surface area (Å²) >= 11 is 0. The van der Waals surface area contributed by atoms with Gasteiger partial charge in [-0.3, -0.25) is 4.79 Å². The van der Waals surface area contributed by atoms with E-state index in [0.29, 0.717) is 42.2 Å². The molecule has 3 aromatic rings. The van der Waals surface area contributed by atoms with Crippen molar-refractivity contribution in [2.24, 2.45) is 0 Å². The summed E-state index contributed by atoms with van der Waals surface area (Å²) in [6.45, 7) is 2.86. The molecule has 6 rings (SSSR count). The molecule has 0 saturated carbocycles. The molecule has 0 aliphatic carbocycles. The zero-order valence-electron chi connectivity index (χ0n) is 22.4. The smallest absolute Gasteiger partial charge is 0.423 e. The maximum absolute atomic E-state index is 13.9. The van der Waals surface area contributed by atoms with Crippen molar-refractivity contribution in [1.29, 1.82) is 0 Å². The molecule has 1 aromatic heterocycles. The number of anilines is 2. The standard InChI is InChI=1S/C28H27F3N4O6/c1-14-16-5-4-6-19(23(16)26(36)35(14)2)41-25-17(28(29,30)31)12-32-27(34-25)33-18-8-7-15(11-21(18)37-3)40-22-13-39-20-9-10-38-24(20)22/h4-8,11-12,14,20,22,24H,9-10,13H2,1-3H3,(H,32,33,34)/t14?,20-,22-,24+/m1/s1. The minimum Gasteiger partial charge on any atom is -0.494 e. The summed E-state index contributed by atoms with van der Waals surface area (Å²) in [4.78, 5) is 22.2. The van der Waals surface area contributed by atoms with E-state index < -0.39 is 17.6 Å². The predicted molar refractivity (Wildman–Crippen MR) is 139 cm³/mol. The first-order valence-corrected chi connectivity index (χ1v) is 13.0. The van der Waals surface area contributed by atoms with E-state index in [0.717, 1.165) is 6.42 Å². The highest BCUT2D eigenvalue weighted by Crippen LogP contribution is 2.42. The van der Waals surface area contributed by atoms with E-state index in [-0.39, 0.29) is 47.5 Å². The lowest BCUT2D eigenvalue weighted by Gasteiger charge is -2.19. The van der Waals surface area contributed by atoms with E-state index in [2.05, 4.69) is 15.3 Å². The number of hydrogen-bond donors (Lipinski definition) is 1. The van der Waals surface area contributed by atoms with E-state index >= 15 is 0 Å². The number of nitrogens with one attached hydrogen (secondary N) is 1. The molecule has 1 amide bonds. The number of rotatable bonds is 7. The predicted octanol–water partition coefficient (Wildman–Crippen LogP) is 5.12. The molecular weight excluding hydrogens is 545 g/mol. The first kappa shape index (κ1) is 27.1. The molecule has 0 bridgehead atoms. The van der Waals surface area contributed by atoms with Gasteiger partial charge in [-0.1, -0.05) is 12.1 Å². The lowest BCUT2D eigenvalue weighted by atomic mass is 10.1. The van der Waals surface area contributed by atoms with Gasteiger partial charge in [0.05, 0.1) is 37.1 Å². The molecule has 2 saturated heterocycles. The van der Waals surface area contributed by atoms with Crippen molar-refractivity contribution in [1.82, 2.24) is 14.9 Å². The molecule has 2 aromatic carbocycles. The van der Waals surface area contributed by atoms with Gasteiger partial charge in [-0.15, -0.1) is 0 Å². The second kappa shape index (κ2) is 10.4. The van der Waals surface area contributed by atoms with Gasteiger partial charge in [-0.25, -0.2) is 4.98 Å². The van der Waals surface area contributed by atoms with Crippen LogP contribution in [0.2, 0.25) is 0 Å². The van der Waals surface area contributed by atoms with Crippen LogP contribution in [0, 0.1) is 0 Å². The van der Waals surface area contributed by atoms with Crippen molar-refractivity contribution in [3.63, 3.8) is 0 Å². The molecule has 2 fully saturated rings. The van der Waals surface area contributed by atoms with Gasteiger partial charge in [-0.2, -0.15) is 18.2 Å². The summed E-state index contributed by atoms with van der Waals surface area (Å²) < 4.78 is 70.3. The molecule has 13 heteroatoms. The SMILES string of the molecule is COc1cc(O[C@@H]2CO[C@@H]3CCO[C@@H]32)ccc1Nc1ncc(C(F)(F)F)c(Oc2cccc3c2C(=O)N(C)C3C)n1. The van der Waals surface area contributed by atoms with Gasteiger partial charge in [0.15, 0.2) is 6.10 Å². The average molecular weight is 573 g/mol. The van der Waals surface area contributed by atoms with Crippen LogP contribution in [0.3, 0.4) is 0 Å². The Kier molecular flexibility index (Phi) is 6.86. The number of alkyl halides is 3. The first-order valence-electron chi connectivity index (χ1n) is 13.0. The minimum absolute atomic E-state index is 0.0236.